The Morgan fingerprint density at radius 2 is 2.00 bits per heavy atom. The fraction of sp³-hybridized carbons (Fsp3) is 0.250. The maximum Gasteiger partial charge on any atom is 0.123 e. The van der Waals surface area contributed by atoms with E-state index in [1.807, 2.05) is 12.1 Å². The SMILES string of the molecule is CC1Cc2ccccc2N1c1ccc(F)cc1CN. The van der Waals surface area contributed by atoms with E-state index >= 15 is 0 Å². The lowest BCUT2D eigenvalue weighted by molar-refractivity contribution is 0.624. The maximum atomic E-state index is 13.3. The quantitative estimate of drug-likeness (QED) is 0.892. The van der Waals surface area contributed by atoms with Gasteiger partial charge in [0, 0.05) is 24.0 Å². The molecule has 0 saturated carbocycles. The van der Waals surface area contributed by atoms with E-state index in [9.17, 15) is 4.39 Å². The Bertz CT molecular complexity index is 609. The molecule has 0 amide bonds. The lowest BCUT2D eigenvalue weighted by Crippen LogP contribution is -2.25. The molecule has 3 heteroatoms. The summed E-state index contributed by atoms with van der Waals surface area (Å²) in [6.07, 6.45) is 1.01. The molecule has 0 bridgehead atoms. The van der Waals surface area contributed by atoms with Crippen LogP contribution in [-0.4, -0.2) is 6.04 Å². The van der Waals surface area contributed by atoms with E-state index in [-0.39, 0.29) is 5.82 Å². The van der Waals surface area contributed by atoms with Crippen LogP contribution in [0.4, 0.5) is 15.8 Å². The molecule has 0 spiro atoms. The van der Waals surface area contributed by atoms with Gasteiger partial charge in [-0.2, -0.15) is 0 Å². The summed E-state index contributed by atoms with van der Waals surface area (Å²) < 4.78 is 13.3. The van der Waals surface area contributed by atoms with Crippen molar-refractivity contribution in [3.05, 3.63) is 59.4 Å². The highest BCUT2D eigenvalue weighted by atomic mass is 19.1. The van der Waals surface area contributed by atoms with Gasteiger partial charge in [0.15, 0.2) is 0 Å². The first-order chi connectivity index (χ1) is 9.20. The van der Waals surface area contributed by atoms with Gasteiger partial charge >= 0.3 is 0 Å². The average molecular weight is 256 g/mol. The van der Waals surface area contributed by atoms with Crippen molar-refractivity contribution in [2.75, 3.05) is 4.90 Å². The number of fused-ring (bicyclic) bond motifs is 1. The molecule has 2 aromatic carbocycles. The zero-order valence-corrected chi connectivity index (χ0v) is 10.9. The number of benzene rings is 2. The van der Waals surface area contributed by atoms with Crippen LogP contribution < -0.4 is 10.6 Å². The van der Waals surface area contributed by atoms with Crippen LogP contribution in [0.1, 0.15) is 18.1 Å². The largest absolute Gasteiger partial charge is 0.338 e. The van der Waals surface area contributed by atoms with Gasteiger partial charge in [-0.05, 0) is 48.7 Å². The summed E-state index contributed by atoms with van der Waals surface area (Å²) in [7, 11) is 0. The van der Waals surface area contributed by atoms with Crippen LogP contribution in [0.5, 0.6) is 0 Å². The van der Waals surface area contributed by atoms with Crippen LogP contribution in [0.15, 0.2) is 42.5 Å². The Morgan fingerprint density at radius 1 is 1.21 bits per heavy atom. The molecule has 0 aliphatic carbocycles. The molecule has 0 aromatic heterocycles. The molecule has 0 radical (unpaired) electrons. The molecule has 3 rings (SSSR count). The van der Waals surface area contributed by atoms with Gasteiger partial charge in [-0.15, -0.1) is 0 Å². The summed E-state index contributed by atoms with van der Waals surface area (Å²) in [6, 6.07) is 13.6. The number of nitrogens with zero attached hydrogens (tertiary/aromatic N) is 1. The lowest BCUT2D eigenvalue weighted by Gasteiger charge is -2.27. The van der Waals surface area contributed by atoms with Crippen LogP contribution in [0.2, 0.25) is 0 Å². The molecule has 2 aromatic rings. The first kappa shape index (κ1) is 12.2. The Labute approximate surface area is 112 Å². The highest BCUT2D eigenvalue weighted by Crippen LogP contribution is 2.39. The number of halogens is 1. The first-order valence-electron chi connectivity index (χ1n) is 6.56. The molecule has 98 valence electrons. The Kier molecular flexibility index (Phi) is 2.99. The van der Waals surface area contributed by atoms with E-state index in [0.29, 0.717) is 12.6 Å². The first-order valence-corrected chi connectivity index (χ1v) is 6.56. The van der Waals surface area contributed by atoms with E-state index < -0.39 is 0 Å². The highest BCUT2D eigenvalue weighted by Gasteiger charge is 2.27. The smallest absolute Gasteiger partial charge is 0.123 e. The molecule has 1 unspecified atom stereocenters. The molecular weight excluding hydrogens is 239 g/mol. The van der Waals surface area contributed by atoms with Crippen molar-refractivity contribution in [2.45, 2.75) is 25.9 Å². The summed E-state index contributed by atoms with van der Waals surface area (Å²) in [5.41, 5.74) is 10.2. The highest BCUT2D eigenvalue weighted by molar-refractivity contribution is 5.73. The normalized spacial score (nSPS) is 17.6. The van der Waals surface area contributed by atoms with Crippen LogP contribution in [0.3, 0.4) is 0 Å². The Balaban J connectivity index is 2.12. The van der Waals surface area contributed by atoms with Crippen LogP contribution in [0.25, 0.3) is 0 Å². The van der Waals surface area contributed by atoms with E-state index in [1.54, 1.807) is 0 Å². The third-order valence-corrected chi connectivity index (χ3v) is 3.73. The topological polar surface area (TPSA) is 29.3 Å². The second kappa shape index (κ2) is 4.67. The van der Waals surface area contributed by atoms with Gasteiger partial charge in [-0.1, -0.05) is 18.2 Å². The van der Waals surface area contributed by atoms with Crippen molar-refractivity contribution in [2.24, 2.45) is 5.73 Å². The number of rotatable bonds is 2. The van der Waals surface area contributed by atoms with Crippen LogP contribution in [-0.2, 0) is 13.0 Å². The van der Waals surface area contributed by atoms with E-state index in [2.05, 4.69) is 30.0 Å². The van der Waals surface area contributed by atoms with Gasteiger partial charge in [-0.25, -0.2) is 4.39 Å². The molecule has 2 nitrogen and oxygen atoms in total. The standard InChI is InChI=1S/C16H17FN2/c1-11-8-12-4-2-3-5-15(12)19(11)16-7-6-14(17)9-13(16)10-18/h2-7,9,11H,8,10,18H2,1H3. The average Bonchev–Trinajstić information content (AvgIpc) is 2.74. The number of hydrogen-bond donors (Lipinski definition) is 1. The number of nitrogens with two attached hydrogens (primary N) is 1. The van der Waals surface area contributed by atoms with Crippen LogP contribution in [0, 0.1) is 5.82 Å². The van der Waals surface area contributed by atoms with Crippen LogP contribution >= 0.6 is 0 Å². The van der Waals surface area contributed by atoms with Gasteiger partial charge in [0.25, 0.3) is 0 Å². The minimum Gasteiger partial charge on any atom is -0.338 e. The van der Waals surface area contributed by atoms with Crippen molar-refractivity contribution in [3.8, 4) is 0 Å². The summed E-state index contributed by atoms with van der Waals surface area (Å²) in [5, 5.41) is 0. The summed E-state index contributed by atoms with van der Waals surface area (Å²) in [5.74, 6) is -0.232. The fourth-order valence-corrected chi connectivity index (χ4v) is 2.89. The second-order valence-corrected chi connectivity index (χ2v) is 5.03. The Morgan fingerprint density at radius 3 is 2.79 bits per heavy atom. The summed E-state index contributed by atoms with van der Waals surface area (Å²) >= 11 is 0. The maximum absolute atomic E-state index is 13.3. The van der Waals surface area contributed by atoms with Crippen molar-refractivity contribution in [1.82, 2.24) is 0 Å². The number of para-hydroxylation sites is 1. The third-order valence-electron chi connectivity index (χ3n) is 3.73. The van der Waals surface area contributed by atoms with Crippen molar-refractivity contribution in [1.29, 1.82) is 0 Å². The van der Waals surface area contributed by atoms with Gasteiger partial charge in [0.1, 0.15) is 5.82 Å². The van der Waals surface area contributed by atoms with Gasteiger partial charge in [0.2, 0.25) is 0 Å². The predicted octanol–water partition coefficient (Wildman–Crippen LogP) is 3.37. The Hall–Kier alpha value is -1.87. The molecular formula is C16H17FN2. The number of anilines is 2. The molecule has 1 aliphatic heterocycles. The zero-order chi connectivity index (χ0) is 13.4. The molecule has 1 heterocycles. The second-order valence-electron chi connectivity index (χ2n) is 5.03. The molecule has 2 N–H and O–H groups in total. The van der Waals surface area contributed by atoms with E-state index in [4.69, 9.17) is 5.73 Å². The molecule has 0 saturated heterocycles. The minimum absolute atomic E-state index is 0.232. The zero-order valence-electron chi connectivity index (χ0n) is 10.9. The molecule has 0 fully saturated rings. The van der Waals surface area contributed by atoms with Gasteiger partial charge in [0.05, 0.1) is 0 Å². The van der Waals surface area contributed by atoms with Gasteiger partial charge in [-0.3, -0.25) is 0 Å². The number of hydrogen-bond acceptors (Lipinski definition) is 2. The van der Waals surface area contributed by atoms with Crippen molar-refractivity contribution in [3.63, 3.8) is 0 Å². The fourth-order valence-electron chi connectivity index (χ4n) is 2.89. The van der Waals surface area contributed by atoms with Crippen molar-refractivity contribution >= 4 is 11.4 Å². The van der Waals surface area contributed by atoms with E-state index in [1.165, 1.54) is 23.4 Å². The van der Waals surface area contributed by atoms with Gasteiger partial charge < -0.3 is 10.6 Å². The third kappa shape index (κ3) is 2.00. The van der Waals surface area contributed by atoms with E-state index in [0.717, 1.165) is 17.7 Å². The molecule has 1 atom stereocenters. The lowest BCUT2D eigenvalue weighted by atomic mass is 10.1. The predicted molar refractivity (Wildman–Crippen MR) is 76.0 cm³/mol. The monoisotopic (exact) mass is 256 g/mol. The minimum atomic E-state index is -0.232. The summed E-state index contributed by atoms with van der Waals surface area (Å²) in [4.78, 5) is 2.26. The molecule has 19 heavy (non-hydrogen) atoms. The summed E-state index contributed by atoms with van der Waals surface area (Å²) in [6.45, 7) is 2.53. The molecule has 1 aliphatic rings. The van der Waals surface area contributed by atoms with Crippen molar-refractivity contribution < 1.29 is 4.39 Å².